The molecule has 1 saturated heterocycles. The van der Waals surface area contributed by atoms with Gasteiger partial charge in [0.1, 0.15) is 17.0 Å². The van der Waals surface area contributed by atoms with E-state index in [0.29, 0.717) is 37.4 Å². The largest absolute Gasteiger partial charge is 0.480 e. The molecule has 1 unspecified atom stereocenters. The number of carboxylic acid groups (broad SMARTS) is 1. The molecule has 0 saturated carbocycles. The number of sulfonamides is 1. The molecule has 202 valence electrons. The van der Waals surface area contributed by atoms with Gasteiger partial charge in [0.05, 0.1) is 5.69 Å². The van der Waals surface area contributed by atoms with Crippen LogP contribution in [0.4, 0.5) is 5.69 Å². The van der Waals surface area contributed by atoms with E-state index < -0.39 is 34.0 Å². The zero-order chi connectivity index (χ0) is 25.8. The molecule has 2 aliphatic heterocycles. The third-order valence-electron chi connectivity index (χ3n) is 6.57. The molecular weight excluding hydrogens is 488 g/mol. The number of fused-ring (bicyclic) bond motifs is 1. The highest BCUT2D eigenvalue weighted by Crippen LogP contribution is 2.31. The maximum absolute atomic E-state index is 13.5. The number of carboxylic acids is 1. The average Bonchev–Trinajstić information content (AvgIpc) is 2.79. The zero-order valence-corrected chi connectivity index (χ0v) is 21.6. The smallest absolute Gasteiger partial charge is 0.326 e. The van der Waals surface area contributed by atoms with Crippen LogP contribution in [-0.2, 0) is 26.0 Å². The Morgan fingerprint density at radius 2 is 2.00 bits per heavy atom. The molecule has 4 atom stereocenters. The molecule has 12 nitrogen and oxygen atoms in total. The van der Waals surface area contributed by atoms with E-state index in [-0.39, 0.29) is 41.8 Å². The lowest BCUT2D eigenvalue weighted by atomic mass is 9.91. The minimum atomic E-state index is -4.10. The van der Waals surface area contributed by atoms with E-state index in [2.05, 4.69) is 22.0 Å². The highest BCUT2D eigenvalue weighted by molar-refractivity contribution is 7.89. The van der Waals surface area contributed by atoms with Crippen molar-refractivity contribution in [1.29, 1.82) is 0 Å². The Labute approximate surface area is 211 Å². The summed E-state index contributed by atoms with van der Waals surface area (Å²) in [6, 6.07) is 2.94. The molecule has 36 heavy (non-hydrogen) atoms. The number of aliphatic imine (C=N–C) groups is 1. The second-order valence-corrected chi connectivity index (χ2v) is 11.3. The molecule has 0 aromatic heterocycles. The summed E-state index contributed by atoms with van der Waals surface area (Å²) < 4.78 is 29.5. The summed E-state index contributed by atoms with van der Waals surface area (Å²) in [5.74, 6) is -1.22. The fourth-order valence-corrected chi connectivity index (χ4v) is 6.17. The number of piperidine rings is 1. The number of likely N-dealkylation sites (tertiary alicyclic amines) is 1. The van der Waals surface area contributed by atoms with E-state index in [9.17, 15) is 23.1 Å². The van der Waals surface area contributed by atoms with E-state index in [1.54, 1.807) is 6.07 Å². The first kappa shape index (κ1) is 29.3. The van der Waals surface area contributed by atoms with Crippen LogP contribution in [0.5, 0.6) is 0 Å². The number of para-hydroxylation sites is 1. The summed E-state index contributed by atoms with van der Waals surface area (Å²) in [4.78, 5) is 30.7. The molecule has 9 N–H and O–H groups in total. The monoisotopic (exact) mass is 526 g/mol. The van der Waals surface area contributed by atoms with Gasteiger partial charge in [0.25, 0.3) is 0 Å². The van der Waals surface area contributed by atoms with E-state index in [1.165, 1.54) is 11.0 Å². The van der Waals surface area contributed by atoms with Gasteiger partial charge in [-0.3, -0.25) is 9.79 Å². The SMILES string of the molecule is CC1CNc2c(cccc2S(=O)(=O)N[C@@H](CCCN=C(N)N)C(=O)N2CC[C@@H](C)C[C@@H]2C(=O)O)C1.O. The van der Waals surface area contributed by atoms with Gasteiger partial charge in [-0.2, -0.15) is 4.72 Å². The standard InChI is InChI=1S/C23H36N6O5S.H2O/c1-14-8-10-29(18(12-14)22(31)32)21(30)17(6-4-9-26-23(24)25)28-35(33,34)19-7-3-5-16-11-15(2)13-27-20(16)19;/h3,5,7,14-15,17-18,27-28H,4,6,8-13H2,1-2H3,(H,31,32)(H4,24,25,26);1H2/t14-,15?,17+,18-;/m1./s1. The van der Waals surface area contributed by atoms with Crippen molar-refractivity contribution < 1.29 is 28.6 Å². The van der Waals surface area contributed by atoms with Gasteiger partial charge < -0.3 is 32.3 Å². The Kier molecular flexibility index (Phi) is 10.1. The fourth-order valence-electron chi connectivity index (χ4n) is 4.72. The molecule has 1 fully saturated rings. The van der Waals surface area contributed by atoms with Crippen LogP contribution in [0.1, 0.15) is 45.1 Å². The van der Waals surface area contributed by atoms with Crippen molar-refractivity contribution in [3.8, 4) is 0 Å². The van der Waals surface area contributed by atoms with Crippen molar-refractivity contribution in [2.75, 3.05) is 25.0 Å². The van der Waals surface area contributed by atoms with E-state index in [0.717, 1.165) is 12.0 Å². The lowest BCUT2D eigenvalue weighted by Gasteiger charge is -2.38. The van der Waals surface area contributed by atoms with E-state index in [1.807, 2.05) is 13.0 Å². The number of nitrogens with zero attached hydrogens (tertiary/aromatic N) is 2. The highest BCUT2D eigenvalue weighted by Gasteiger charge is 2.39. The van der Waals surface area contributed by atoms with Crippen LogP contribution in [0.15, 0.2) is 28.1 Å². The number of rotatable bonds is 9. The molecule has 0 spiro atoms. The summed E-state index contributed by atoms with van der Waals surface area (Å²) in [6.07, 6.45) is 2.17. The summed E-state index contributed by atoms with van der Waals surface area (Å²) in [6.45, 7) is 5.14. The van der Waals surface area contributed by atoms with Crippen LogP contribution in [0, 0.1) is 11.8 Å². The molecule has 2 aliphatic rings. The maximum atomic E-state index is 13.5. The number of guanidine groups is 1. The zero-order valence-electron chi connectivity index (χ0n) is 20.7. The molecule has 1 aromatic carbocycles. The van der Waals surface area contributed by atoms with Crippen LogP contribution in [-0.4, -0.2) is 73.5 Å². The van der Waals surface area contributed by atoms with Crippen LogP contribution in [0.3, 0.4) is 0 Å². The number of nitrogens with one attached hydrogen (secondary N) is 2. The Hall–Kier alpha value is -2.90. The Morgan fingerprint density at radius 3 is 2.67 bits per heavy atom. The summed E-state index contributed by atoms with van der Waals surface area (Å²) in [5.41, 5.74) is 12.2. The number of anilines is 1. The lowest BCUT2D eigenvalue weighted by molar-refractivity contribution is -0.153. The summed E-state index contributed by atoms with van der Waals surface area (Å²) in [5, 5.41) is 12.9. The summed E-state index contributed by atoms with van der Waals surface area (Å²) in [7, 11) is -4.10. The molecule has 0 bridgehead atoms. The molecule has 1 amide bonds. The quantitative estimate of drug-likeness (QED) is 0.166. The Morgan fingerprint density at radius 1 is 1.28 bits per heavy atom. The third kappa shape index (κ3) is 7.08. The molecule has 13 heteroatoms. The minimum Gasteiger partial charge on any atom is -0.480 e. The third-order valence-corrected chi connectivity index (χ3v) is 8.09. The minimum absolute atomic E-state index is 0. The first-order chi connectivity index (χ1) is 16.5. The second kappa shape index (κ2) is 12.4. The van der Waals surface area contributed by atoms with Gasteiger partial charge in [0, 0.05) is 19.6 Å². The second-order valence-electron chi connectivity index (χ2n) is 9.62. The molecule has 3 rings (SSSR count). The number of carbonyl (C=O) groups excluding carboxylic acids is 1. The predicted molar refractivity (Wildman–Crippen MR) is 137 cm³/mol. The molecular formula is C23H38N6O6S. The van der Waals surface area contributed by atoms with Gasteiger partial charge in [-0.15, -0.1) is 0 Å². The van der Waals surface area contributed by atoms with Gasteiger partial charge in [0.15, 0.2) is 5.96 Å². The van der Waals surface area contributed by atoms with Crippen molar-refractivity contribution in [1.82, 2.24) is 9.62 Å². The van der Waals surface area contributed by atoms with Crippen LogP contribution in [0.25, 0.3) is 0 Å². The number of aliphatic carboxylic acids is 1. The van der Waals surface area contributed by atoms with Gasteiger partial charge >= 0.3 is 5.97 Å². The van der Waals surface area contributed by atoms with Crippen LogP contribution >= 0.6 is 0 Å². The normalized spacial score (nSPS) is 22.4. The van der Waals surface area contributed by atoms with E-state index >= 15 is 0 Å². The maximum Gasteiger partial charge on any atom is 0.326 e. The van der Waals surface area contributed by atoms with Crippen LogP contribution in [0.2, 0.25) is 0 Å². The first-order valence-electron chi connectivity index (χ1n) is 12.0. The molecule has 2 heterocycles. The van der Waals surface area contributed by atoms with Gasteiger partial charge in [-0.25, -0.2) is 13.2 Å². The van der Waals surface area contributed by atoms with E-state index in [4.69, 9.17) is 11.5 Å². The van der Waals surface area contributed by atoms with Gasteiger partial charge in [-0.1, -0.05) is 26.0 Å². The van der Waals surface area contributed by atoms with Gasteiger partial charge in [0.2, 0.25) is 15.9 Å². The van der Waals surface area contributed by atoms with Crippen molar-refractivity contribution in [3.63, 3.8) is 0 Å². The number of amides is 1. The lowest BCUT2D eigenvalue weighted by Crippen LogP contribution is -2.56. The highest BCUT2D eigenvalue weighted by atomic mass is 32.2. The molecule has 1 aromatic rings. The molecule has 0 aliphatic carbocycles. The molecule has 0 radical (unpaired) electrons. The van der Waals surface area contributed by atoms with Crippen molar-refractivity contribution in [2.45, 2.75) is 62.9 Å². The number of hydrogen-bond donors (Lipinski definition) is 5. The Bertz CT molecular complexity index is 1070. The Balaban J connectivity index is 0.00000456. The van der Waals surface area contributed by atoms with Gasteiger partial charge in [-0.05, 0) is 55.6 Å². The summed E-state index contributed by atoms with van der Waals surface area (Å²) >= 11 is 0. The fraction of sp³-hybridized carbons (Fsp3) is 0.609. The topological polar surface area (TPSA) is 212 Å². The van der Waals surface area contributed by atoms with Crippen molar-refractivity contribution in [3.05, 3.63) is 23.8 Å². The number of carbonyl (C=O) groups is 2. The number of hydrogen-bond acceptors (Lipinski definition) is 6. The number of nitrogens with two attached hydrogens (primary N) is 2. The van der Waals surface area contributed by atoms with Crippen molar-refractivity contribution in [2.24, 2.45) is 28.3 Å². The van der Waals surface area contributed by atoms with Crippen LogP contribution < -0.4 is 21.5 Å². The average molecular weight is 527 g/mol. The van der Waals surface area contributed by atoms with Crippen molar-refractivity contribution >= 4 is 33.5 Å². The predicted octanol–water partition coefficient (Wildman–Crippen LogP) is -0.122. The first-order valence-corrected chi connectivity index (χ1v) is 13.4. The number of benzene rings is 1.